The number of amides is 2. The van der Waals surface area contributed by atoms with Crippen LogP contribution in [0.3, 0.4) is 0 Å². The van der Waals surface area contributed by atoms with Crippen molar-refractivity contribution in [2.75, 3.05) is 6.54 Å². The van der Waals surface area contributed by atoms with Gasteiger partial charge in [0, 0.05) is 18.3 Å². The first-order valence-corrected chi connectivity index (χ1v) is 12.8. The molecule has 0 aliphatic rings. The molecule has 2 aromatic carbocycles. The summed E-state index contributed by atoms with van der Waals surface area (Å²) in [7, 11) is -4.13. The third-order valence-electron chi connectivity index (χ3n) is 5.31. The summed E-state index contributed by atoms with van der Waals surface area (Å²) in [5, 5.41) is 2.81. The minimum atomic E-state index is -4.13. The normalized spacial score (nSPS) is 11.8. The number of rotatable bonds is 10. The number of hydrogen-bond acceptors (Lipinski definition) is 7. The van der Waals surface area contributed by atoms with Crippen molar-refractivity contribution in [3.8, 4) is 0 Å². The minimum Gasteiger partial charge on any atom is -0.458 e. The lowest BCUT2D eigenvalue weighted by Crippen LogP contribution is -2.30. The van der Waals surface area contributed by atoms with Crippen molar-refractivity contribution in [2.45, 2.75) is 37.7 Å². The number of carbonyl (C=O) groups is 3. The Morgan fingerprint density at radius 2 is 1.61 bits per heavy atom. The van der Waals surface area contributed by atoms with Gasteiger partial charge in [-0.05, 0) is 61.7 Å². The highest BCUT2D eigenvalue weighted by Gasteiger charge is 2.20. The van der Waals surface area contributed by atoms with Crippen LogP contribution in [0.5, 0.6) is 0 Å². The van der Waals surface area contributed by atoms with Crippen molar-refractivity contribution in [3.05, 3.63) is 95.3 Å². The van der Waals surface area contributed by atoms with E-state index in [1.54, 1.807) is 43.3 Å². The summed E-state index contributed by atoms with van der Waals surface area (Å²) in [6, 6.07) is 17.4. The molecule has 36 heavy (non-hydrogen) atoms. The zero-order valence-corrected chi connectivity index (χ0v) is 20.7. The molecule has 0 saturated heterocycles. The summed E-state index contributed by atoms with van der Waals surface area (Å²) in [6.07, 6.45) is 2.00. The molecule has 2 N–H and O–H groups in total. The number of hydrogen-bond donors (Lipinski definition) is 2. The van der Waals surface area contributed by atoms with E-state index in [-0.39, 0.29) is 28.2 Å². The second-order valence-electron chi connectivity index (χ2n) is 8.01. The van der Waals surface area contributed by atoms with Gasteiger partial charge < -0.3 is 10.1 Å². The molecule has 1 atom stereocenters. The molecule has 3 rings (SSSR count). The Bertz CT molecular complexity index is 1310. The third kappa shape index (κ3) is 7.22. The van der Waals surface area contributed by atoms with Crippen molar-refractivity contribution in [3.63, 3.8) is 0 Å². The predicted octanol–water partition coefficient (Wildman–Crippen LogP) is 3.13. The number of esters is 1. The fourth-order valence-corrected chi connectivity index (χ4v) is 4.04. The summed E-state index contributed by atoms with van der Waals surface area (Å²) < 4.78 is 32.4. The lowest BCUT2D eigenvalue weighted by Gasteiger charge is -2.11. The molecule has 9 nitrogen and oxygen atoms in total. The molecule has 3 aromatic rings. The first kappa shape index (κ1) is 26.6. The van der Waals surface area contributed by atoms with E-state index in [2.05, 4.69) is 10.3 Å². The topological polar surface area (TPSA) is 132 Å². The molecule has 2 amide bonds. The van der Waals surface area contributed by atoms with Crippen molar-refractivity contribution in [1.82, 2.24) is 15.0 Å². The SMILES string of the molecule is CC[C@@H](C)OC(=O)c1ccc(C(=O)NS(=O)(=O)c2ccc(CCNC(=O)c3ccccc3)cc2)cn1. The maximum atomic E-state index is 12.6. The van der Waals surface area contributed by atoms with E-state index >= 15 is 0 Å². The Kier molecular flexibility index (Phi) is 8.91. The largest absolute Gasteiger partial charge is 0.458 e. The second kappa shape index (κ2) is 12.1. The molecular formula is C26H27N3O6S. The predicted molar refractivity (Wildman–Crippen MR) is 133 cm³/mol. The molecule has 0 aliphatic carbocycles. The molecule has 1 heterocycles. The standard InChI is InChI=1S/C26H27N3O6S/c1-3-18(2)35-26(32)23-14-11-21(17-28-23)25(31)29-36(33,34)22-12-9-19(10-13-22)15-16-27-24(30)20-7-5-4-6-8-20/h4-14,17-18H,3,15-16H2,1-2H3,(H,27,30)(H,29,31)/t18-/m1/s1. The number of nitrogens with one attached hydrogen (secondary N) is 2. The first-order valence-electron chi connectivity index (χ1n) is 11.4. The summed E-state index contributed by atoms with van der Waals surface area (Å²) >= 11 is 0. The van der Waals surface area contributed by atoms with Crippen LogP contribution in [0.25, 0.3) is 0 Å². The highest BCUT2D eigenvalue weighted by atomic mass is 32.2. The first-order chi connectivity index (χ1) is 17.2. The van der Waals surface area contributed by atoms with E-state index in [9.17, 15) is 22.8 Å². The van der Waals surface area contributed by atoms with Crippen LogP contribution in [0, 0.1) is 0 Å². The number of benzene rings is 2. The fraction of sp³-hybridized carbons (Fsp3) is 0.231. The van der Waals surface area contributed by atoms with Crippen LogP contribution in [-0.2, 0) is 21.2 Å². The van der Waals surface area contributed by atoms with Crippen molar-refractivity contribution in [2.24, 2.45) is 0 Å². The number of carbonyl (C=O) groups excluding carboxylic acids is 3. The zero-order chi connectivity index (χ0) is 26.1. The van der Waals surface area contributed by atoms with Gasteiger partial charge in [0.05, 0.1) is 16.6 Å². The smallest absolute Gasteiger partial charge is 0.357 e. The van der Waals surface area contributed by atoms with Crippen LogP contribution in [0.1, 0.15) is 57.0 Å². The molecule has 0 radical (unpaired) electrons. The molecule has 0 spiro atoms. The molecule has 0 fully saturated rings. The van der Waals surface area contributed by atoms with Gasteiger partial charge in [0.25, 0.3) is 21.8 Å². The Hall–Kier alpha value is -4.05. The van der Waals surface area contributed by atoms with Gasteiger partial charge in [0.2, 0.25) is 0 Å². The second-order valence-corrected chi connectivity index (χ2v) is 9.69. The van der Waals surface area contributed by atoms with Crippen molar-refractivity contribution in [1.29, 1.82) is 0 Å². The van der Waals surface area contributed by atoms with Crippen molar-refractivity contribution >= 4 is 27.8 Å². The Balaban J connectivity index is 1.55. The molecule has 188 valence electrons. The van der Waals surface area contributed by atoms with Crippen LogP contribution in [0.4, 0.5) is 0 Å². The number of sulfonamides is 1. The maximum Gasteiger partial charge on any atom is 0.357 e. The van der Waals surface area contributed by atoms with E-state index in [0.29, 0.717) is 24.9 Å². The molecule has 0 bridgehead atoms. The van der Waals surface area contributed by atoms with Gasteiger partial charge in [0.1, 0.15) is 5.69 Å². The molecule has 0 saturated carbocycles. The monoisotopic (exact) mass is 509 g/mol. The number of pyridine rings is 1. The fourth-order valence-electron chi connectivity index (χ4n) is 3.06. The lowest BCUT2D eigenvalue weighted by molar-refractivity contribution is 0.0327. The highest BCUT2D eigenvalue weighted by molar-refractivity contribution is 7.90. The number of nitrogens with zero attached hydrogens (tertiary/aromatic N) is 1. The molecule has 0 unspecified atom stereocenters. The van der Waals surface area contributed by atoms with E-state index in [1.165, 1.54) is 24.3 Å². The average molecular weight is 510 g/mol. The van der Waals surface area contributed by atoms with Crippen LogP contribution >= 0.6 is 0 Å². The number of ether oxygens (including phenoxy) is 1. The van der Waals surface area contributed by atoms with Crippen LogP contribution in [0.2, 0.25) is 0 Å². The van der Waals surface area contributed by atoms with E-state index in [4.69, 9.17) is 4.74 Å². The van der Waals surface area contributed by atoms with E-state index in [0.717, 1.165) is 11.8 Å². The van der Waals surface area contributed by atoms with Crippen LogP contribution in [-0.4, -0.2) is 43.8 Å². The quantitative estimate of drug-likeness (QED) is 0.401. The summed E-state index contributed by atoms with van der Waals surface area (Å²) in [5.74, 6) is -1.69. The molecule has 10 heteroatoms. The van der Waals surface area contributed by atoms with Crippen LogP contribution in [0.15, 0.2) is 77.8 Å². The van der Waals surface area contributed by atoms with E-state index < -0.39 is 21.9 Å². The highest BCUT2D eigenvalue weighted by Crippen LogP contribution is 2.13. The summed E-state index contributed by atoms with van der Waals surface area (Å²) in [5.41, 5.74) is 1.37. The Morgan fingerprint density at radius 3 is 2.22 bits per heavy atom. The lowest BCUT2D eigenvalue weighted by atomic mass is 10.1. The third-order valence-corrected chi connectivity index (χ3v) is 6.66. The maximum absolute atomic E-state index is 12.6. The summed E-state index contributed by atoms with van der Waals surface area (Å²) in [4.78, 5) is 40.3. The molecular weight excluding hydrogens is 482 g/mol. The average Bonchev–Trinajstić information content (AvgIpc) is 2.89. The van der Waals surface area contributed by atoms with Gasteiger partial charge in [-0.3, -0.25) is 9.59 Å². The van der Waals surface area contributed by atoms with Gasteiger partial charge in [-0.1, -0.05) is 37.3 Å². The van der Waals surface area contributed by atoms with Crippen LogP contribution < -0.4 is 10.0 Å². The van der Waals surface area contributed by atoms with Gasteiger partial charge in [-0.15, -0.1) is 0 Å². The molecule has 0 aliphatic heterocycles. The van der Waals surface area contributed by atoms with Crippen molar-refractivity contribution < 1.29 is 27.5 Å². The Morgan fingerprint density at radius 1 is 0.917 bits per heavy atom. The van der Waals surface area contributed by atoms with E-state index in [1.807, 2.05) is 17.7 Å². The van der Waals surface area contributed by atoms with Gasteiger partial charge in [0.15, 0.2) is 0 Å². The number of aromatic nitrogens is 1. The Labute approximate surface area is 210 Å². The summed E-state index contributed by atoms with van der Waals surface area (Å²) in [6.45, 7) is 4.00. The van der Waals surface area contributed by atoms with Gasteiger partial charge in [-0.25, -0.2) is 22.9 Å². The minimum absolute atomic E-state index is 0.0188. The van der Waals surface area contributed by atoms with Gasteiger partial charge in [-0.2, -0.15) is 0 Å². The van der Waals surface area contributed by atoms with Gasteiger partial charge >= 0.3 is 5.97 Å². The molecule has 1 aromatic heterocycles. The zero-order valence-electron chi connectivity index (χ0n) is 19.9.